The van der Waals surface area contributed by atoms with E-state index in [-0.39, 0.29) is 16.4 Å². The van der Waals surface area contributed by atoms with Gasteiger partial charge in [0.15, 0.2) is 0 Å². The van der Waals surface area contributed by atoms with Crippen LogP contribution in [0.3, 0.4) is 0 Å². The summed E-state index contributed by atoms with van der Waals surface area (Å²) < 4.78 is 46.8. The Hall–Kier alpha value is -3.79. The Labute approximate surface area is 198 Å². The van der Waals surface area contributed by atoms with E-state index in [1.165, 1.54) is 54.3 Å². The quantitative estimate of drug-likeness (QED) is 0.303. The van der Waals surface area contributed by atoms with E-state index in [0.717, 1.165) is 6.07 Å². The molecule has 3 rings (SSSR count). The van der Waals surface area contributed by atoms with Gasteiger partial charge in [0.05, 0.1) is 29.6 Å². The fraction of sp³-hybridized carbons (Fsp3) is 0.174. The molecule has 0 spiro atoms. The Morgan fingerprint density at radius 1 is 1.09 bits per heavy atom. The predicted octanol–water partition coefficient (Wildman–Crippen LogP) is 4.86. The van der Waals surface area contributed by atoms with Crippen molar-refractivity contribution in [3.8, 4) is 11.4 Å². The largest absolute Gasteiger partial charge is 0.495 e. The van der Waals surface area contributed by atoms with E-state index >= 15 is 0 Å². The van der Waals surface area contributed by atoms with Crippen LogP contribution in [0.2, 0.25) is 5.02 Å². The van der Waals surface area contributed by atoms with Crippen LogP contribution in [0.25, 0.3) is 5.69 Å². The molecule has 1 aromatic heterocycles. The Morgan fingerprint density at radius 2 is 1.79 bits per heavy atom. The number of halogens is 4. The van der Waals surface area contributed by atoms with Gasteiger partial charge in [0.2, 0.25) is 0 Å². The molecule has 2 aromatic carbocycles. The second kappa shape index (κ2) is 10.0. The van der Waals surface area contributed by atoms with Gasteiger partial charge in [-0.2, -0.15) is 18.3 Å². The van der Waals surface area contributed by atoms with E-state index in [9.17, 15) is 22.8 Å². The highest BCUT2D eigenvalue weighted by Gasteiger charge is 2.34. The van der Waals surface area contributed by atoms with Crippen LogP contribution in [0.15, 0.2) is 53.6 Å². The normalized spacial score (nSPS) is 11.5. The van der Waals surface area contributed by atoms with Gasteiger partial charge in [-0.25, -0.2) is 5.43 Å². The standard InChI is InChI=1S/C23H20ClF3N4O3/c1-13-10-15(14(2)31(13)19-7-5-4-6-17(19)23(25,26)27)12-28-30-22(33)21(32)29-16-8-9-20(34-3)18(24)11-16/h4-12H,1-3H3,(H,29,32)(H,30,33)/b28-12-. The fourth-order valence-corrected chi connectivity index (χ4v) is 3.60. The van der Waals surface area contributed by atoms with Crippen molar-refractivity contribution in [1.82, 2.24) is 9.99 Å². The average Bonchev–Trinajstić information content (AvgIpc) is 3.06. The highest BCUT2D eigenvalue weighted by Crippen LogP contribution is 2.35. The molecule has 2 N–H and O–H groups in total. The van der Waals surface area contributed by atoms with Gasteiger partial charge in [-0.15, -0.1) is 0 Å². The summed E-state index contributed by atoms with van der Waals surface area (Å²) in [6.45, 7) is 3.28. The summed E-state index contributed by atoms with van der Waals surface area (Å²) in [4.78, 5) is 24.1. The number of aryl methyl sites for hydroxylation is 1. The minimum absolute atomic E-state index is 0.0220. The number of hydrazone groups is 1. The van der Waals surface area contributed by atoms with E-state index in [1.54, 1.807) is 19.9 Å². The summed E-state index contributed by atoms with van der Waals surface area (Å²) in [5, 5.41) is 6.39. The zero-order chi connectivity index (χ0) is 25.0. The van der Waals surface area contributed by atoms with Crippen molar-refractivity contribution in [1.29, 1.82) is 0 Å². The molecular weight excluding hydrogens is 473 g/mol. The van der Waals surface area contributed by atoms with Gasteiger partial charge in [0, 0.05) is 22.6 Å². The van der Waals surface area contributed by atoms with Crippen LogP contribution < -0.4 is 15.5 Å². The molecule has 0 saturated carbocycles. The van der Waals surface area contributed by atoms with E-state index in [0.29, 0.717) is 22.7 Å². The summed E-state index contributed by atoms with van der Waals surface area (Å²) in [5.74, 6) is -1.62. The highest BCUT2D eigenvalue weighted by atomic mass is 35.5. The smallest absolute Gasteiger partial charge is 0.418 e. The number of benzene rings is 2. The molecule has 178 valence electrons. The van der Waals surface area contributed by atoms with Crippen LogP contribution >= 0.6 is 11.6 Å². The number of carbonyl (C=O) groups is 2. The first kappa shape index (κ1) is 24.8. The number of aromatic nitrogens is 1. The molecule has 0 atom stereocenters. The lowest BCUT2D eigenvalue weighted by molar-refractivity contribution is -0.137. The lowest BCUT2D eigenvalue weighted by Crippen LogP contribution is -2.32. The third-order valence-corrected chi connectivity index (χ3v) is 5.20. The lowest BCUT2D eigenvalue weighted by Gasteiger charge is -2.16. The number of para-hydroxylation sites is 1. The lowest BCUT2D eigenvalue weighted by atomic mass is 10.1. The highest BCUT2D eigenvalue weighted by molar-refractivity contribution is 6.40. The molecule has 0 aliphatic carbocycles. The van der Waals surface area contributed by atoms with Gasteiger partial charge in [0.1, 0.15) is 5.75 Å². The molecule has 0 aliphatic rings. The van der Waals surface area contributed by atoms with Crippen molar-refractivity contribution in [3.05, 3.63) is 76.1 Å². The van der Waals surface area contributed by atoms with Crippen LogP contribution in [-0.2, 0) is 15.8 Å². The van der Waals surface area contributed by atoms with Gasteiger partial charge in [-0.05, 0) is 50.2 Å². The minimum atomic E-state index is -4.52. The molecule has 11 heteroatoms. The Balaban J connectivity index is 1.73. The molecule has 0 saturated heterocycles. The molecule has 34 heavy (non-hydrogen) atoms. The molecule has 0 radical (unpaired) electrons. The van der Waals surface area contributed by atoms with Crippen LogP contribution in [0.4, 0.5) is 18.9 Å². The third kappa shape index (κ3) is 5.40. The molecular formula is C23H20ClF3N4O3. The monoisotopic (exact) mass is 492 g/mol. The molecule has 7 nitrogen and oxygen atoms in total. The van der Waals surface area contributed by atoms with Crippen molar-refractivity contribution < 1.29 is 27.5 Å². The van der Waals surface area contributed by atoms with Gasteiger partial charge < -0.3 is 14.6 Å². The van der Waals surface area contributed by atoms with Gasteiger partial charge >= 0.3 is 18.0 Å². The number of rotatable bonds is 5. The average molecular weight is 493 g/mol. The minimum Gasteiger partial charge on any atom is -0.495 e. The SMILES string of the molecule is COc1ccc(NC(=O)C(=O)N/N=C\c2cc(C)n(-c3ccccc3C(F)(F)F)c2C)cc1Cl. The van der Waals surface area contributed by atoms with Crippen LogP contribution in [-0.4, -0.2) is 29.7 Å². The van der Waals surface area contributed by atoms with Crippen LogP contribution in [0, 0.1) is 13.8 Å². The predicted molar refractivity (Wildman–Crippen MR) is 123 cm³/mol. The van der Waals surface area contributed by atoms with E-state index in [1.807, 2.05) is 0 Å². The van der Waals surface area contributed by atoms with Crippen molar-refractivity contribution in [2.75, 3.05) is 12.4 Å². The van der Waals surface area contributed by atoms with Crippen molar-refractivity contribution in [2.45, 2.75) is 20.0 Å². The number of alkyl halides is 3. The zero-order valence-electron chi connectivity index (χ0n) is 18.3. The summed E-state index contributed by atoms with van der Waals surface area (Å²) in [5.41, 5.74) is 3.06. The number of hydrogen-bond acceptors (Lipinski definition) is 4. The number of nitrogens with zero attached hydrogens (tertiary/aromatic N) is 2. The molecule has 0 aliphatic heterocycles. The molecule has 1 heterocycles. The number of methoxy groups -OCH3 is 1. The summed E-state index contributed by atoms with van der Waals surface area (Å²) in [7, 11) is 1.44. The van der Waals surface area contributed by atoms with Crippen LogP contribution in [0.5, 0.6) is 5.75 Å². The number of nitrogens with one attached hydrogen (secondary N) is 2. The molecule has 2 amide bonds. The maximum Gasteiger partial charge on any atom is 0.418 e. The van der Waals surface area contributed by atoms with E-state index < -0.39 is 23.6 Å². The Morgan fingerprint density at radius 3 is 2.44 bits per heavy atom. The van der Waals surface area contributed by atoms with E-state index in [4.69, 9.17) is 16.3 Å². The topological polar surface area (TPSA) is 84.7 Å². The second-order valence-electron chi connectivity index (χ2n) is 7.18. The van der Waals surface area contributed by atoms with E-state index in [2.05, 4.69) is 15.8 Å². The summed E-state index contributed by atoms with van der Waals surface area (Å²) in [6, 6.07) is 11.3. The number of anilines is 1. The van der Waals surface area contributed by atoms with Crippen molar-refractivity contribution in [3.63, 3.8) is 0 Å². The molecule has 0 unspecified atom stereocenters. The number of hydrogen-bond donors (Lipinski definition) is 2. The molecule has 0 bridgehead atoms. The second-order valence-corrected chi connectivity index (χ2v) is 7.59. The summed E-state index contributed by atoms with van der Waals surface area (Å²) >= 11 is 5.99. The third-order valence-electron chi connectivity index (χ3n) is 4.91. The maximum atomic E-state index is 13.4. The number of ether oxygens (including phenoxy) is 1. The fourth-order valence-electron chi connectivity index (χ4n) is 3.34. The zero-order valence-corrected chi connectivity index (χ0v) is 19.1. The van der Waals surface area contributed by atoms with Crippen molar-refractivity contribution in [2.24, 2.45) is 5.10 Å². The first-order valence-corrected chi connectivity index (χ1v) is 10.2. The van der Waals surface area contributed by atoms with Crippen molar-refractivity contribution >= 4 is 35.3 Å². The van der Waals surface area contributed by atoms with Gasteiger partial charge in [-0.1, -0.05) is 23.7 Å². The number of carbonyl (C=O) groups excluding carboxylic acids is 2. The molecule has 0 fully saturated rings. The first-order valence-electron chi connectivity index (χ1n) is 9.86. The number of amides is 2. The summed E-state index contributed by atoms with van der Waals surface area (Å²) in [6.07, 6.45) is -3.27. The Bertz CT molecular complexity index is 1270. The van der Waals surface area contributed by atoms with Gasteiger partial charge in [0.25, 0.3) is 0 Å². The van der Waals surface area contributed by atoms with Crippen LogP contribution in [0.1, 0.15) is 22.5 Å². The maximum absolute atomic E-state index is 13.4. The molecule has 3 aromatic rings. The first-order chi connectivity index (χ1) is 16.0. The Kier molecular flexibility index (Phi) is 7.31. The van der Waals surface area contributed by atoms with Gasteiger partial charge in [-0.3, -0.25) is 9.59 Å².